The van der Waals surface area contributed by atoms with Crippen molar-refractivity contribution >= 4 is 11.6 Å². The molecule has 3 N–H and O–H groups in total. The van der Waals surface area contributed by atoms with E-state index in [1.54, 1.807) is 12.1 Å². The Hall–Kier alpha value is -0.680. The maximum atomic E-state index is 13.3. The number of ether oxygens (including phenoxy) is 1. The smallest absolute Gasteiger partial charge is 0.133 e. The van der Waals surface area contributed by atoms with Crippen molar-refractivity contribution in [1.29, 1.82) is 0 Å². The van der Waals surface area contributed by atoms with Gasteiger partial charge in [-0.2, -0.15) is 0 Å². The predicted octanol–water partition coefficient (Wildman–Crippen LogP) is 0.551. The summed E-state index contributed by atoms with van der Waals surface area (Å²) in [6.07, 6.45) is 0. The monoisotopic (exact) mass is 248 g/mol. The molecule has 16 heavy (non-hydrogen) atoms. The van der Waals surface area contributed by atoms with Gasteiger partial charge in [0.2, 0.25) is 0 Å². The fourth-order valence-corrected chi connectivity index (χ4v) is 1.55. The molecule has 0 unspecified atom stereocenters. The molecule has 0 aliphatic heterocycles. The summed E-state index contributed by atoms with van der Waals surface area (Å²) in [7, 11) is 0. The van der Waals surface area contributed by atoms with Gasteiger partial charge in [-0.3, -0.25) is 0 Å². The van der Waals surface area contributed by atoms with Gasteiger partial charge < -0.3 is 15.2 Å². The van der Waals surface area contributed by atoms with E-state index >= 15 is 0 Å². The number of halogens is 2. The molecule has 0 fully saturated rings. The van der Waals surface area contributed by atoms with Crippen molar-refractivity contribution in [2.45, 2.75) is 6.54 Å². The number of hydrogen-bond donors (Lipinski definition) is 2. The predicted molar refractivity (Wildman–Crippen MR) is 59.8 cm³/mol. The molecule has 1 aromatic rings. The van der Waals surface area contributed by atoms with Crippen LogP contribution in [0.1, 0.15) is 5.56 Å². The van der Waals surface area contributed by atoms with Crippen LogP contribution in [-0.4, -0.2) is 31.5 Å². The van der Waals surface area contributed by atoms with Crippen molar-refractivity contribution in [3.8, 4) is 0 Å². The average Bonchev–Trinajstić information content (AvgIpc) is 2.26. The summed E-state index contributed by atoms with van der Waals surface area (Å²) in [6.45, 7) is 2.11. The van der Waals surface area contributed by atoms with Gasteiger partial charge in [0.05, 0.1) is 37.0 Å². The third-order valence-electron chi connectivity index (χ3n) is 2.11. The summed E-state index contributed by atoms with van der Waals surface area (Å²) < 4.78 is 18.4. The van der Waals surface area contributed by atoms with Crippen LogP contribution in [0.4, 0.5) is 4.39 Å². The van der Waals surface area contributed by atoms with Crippen LogP contribution in [0.3, 0.4) is 0 Å². The third kappa shape index (κ3) is 4.45. The molecule has 0 spiro atoms. The topological polar surface area (TPSA) is 46.1 Å². The maximum Gasteiger partial charge on any atom is 0.133 e. The number of nitrogens with two attached hydrogens (primary N) is 1. The Morgan fingerprint density at radius 3 is 2.88 bits per heavy atom. The van der Waals surface area contributed by atoms with E-state index < -0.39 is 0 Å². The number of benzene rings is 1. The second-order valence-electron chi connectivity index (χ2n) is 3.32. The SMILES string of the molecule is OCCOCC[NH2+]Cc1c(F)cccc1Cl. The van der Waals surface area contributed by atoms with Gasteiger partial charge in [0, 0.05) is 0 Å². The second-order valence-corrected chi connectivity index (χ2v) is 3.72. The molecule has 0 amide bonds. The van der Waals surface area contributed by atoms with Crippen LogP contribution in [0.15, 0.2) is 18.2 Å². The minimum absolute atomic E-state index is 0.0269. The van der Waals surface area contributed by atoms with Gasteiger partial charge in [0.15, 0.2) is 0 Å². The summed E-state index contributed by atoms with van der Waals surface area (Å²) in [5, 5.41) is 10.8. The first-order chi connectivity index (χ1) is 7.75. The maximum absolute atomic E-state index is 13.3. The van der Waals surface area contributed by atoms with Crippen molar-refractivity contribution in [1.82, 2.24) is 0 Å². The zero-order valence-corrected chi connectivity index (χ0v) is 9.71. The molecule has 0 aliphatic carbocycles. The standard InChI is InChI=1S/C11H15ClFNO2/c12-10-2-1-3-11(13)9(10)8-14-4-6-16-7-5-15/h1-3,14-15H,4-8H2/p+1. The van der Waals surface area contributed by atoms with Crippen LogP contribution < -0.4 is 5.32 Å². The van der Waals surface area contributed by atoms with Gasteiger partial charge in [-0.1, -0.05) is 17.7 Å². The Morgan fingerprint density at radius 2 is 2.19 bits per heavy atom. The van der Waals surface area contributed by atoms with Gasteiger partial charge in [-0.25, -0.2) is 4.39 Å². The lowest BCUT2D eigenvalue weighted by atomic mass is 10.2. The van der Waals surface area contributed by atoms with E-state index in [1.807, 2.05) is 5.32 Å². The molecule has 0 aromatic heterocycles. The lowest BCUT2D eigenvalue weighted by molar-refractivity contribution is -0.672. The van der Waals surface area contributed by atoms with Crippen molar-refractivity contribution < 1.29 is 19.6 Å². The summed E-state index contributed by atoms with van der Waals surface area (Å²) in [4.78, 5) is 0. The van der Waals surface area contributed by atoms with Gasteiger partial charge in [0.25, 0.3) is 0 Å². The largest absolute Gasteiger partial charge is 0.394 e. The molecule has 5 heteroatoms. The van der Waals surface area contributed by atoms with Crippen LogP contribution in [0.2, 0.25) is 5.02 Å². The highest BCUT2D eigenvalue weighted by molar-refractivity contribution is 6.31. The van der Waals surface area contributed by atoms with Crippen LogP contribution in [0.5, 0.6) is 0 Å². The van der Waals surface area contributed by atoms with Gasteiger partial charge in [0.1, 0.15) is 12.4 Å². The van der Waals surface area contributed by atoms with E-state index in [0.717, 1.165) is 0 Å². The van der Waals surface area contributed by atoms with Crippen LogP contribution in [0, 0.1) is 5.82 Å². The zero-order valence-electron chi connectivity index (χ0n) is 8.96. The summed E-state index contributed by atoms with van der Waals surface area (Å²) in [5.74, 6) is -0.278. The van der Waals surface area contributed by atoms with E-state index in [4.69, 9.17) is 21.4 Å². The van der Waals surface area contributed by atoms with E-state index in [0.29, 0.717) is 36.9 Å². The molecule has 3 nitrogen and oxygen atoms in total. The van der Waals surface area contributed by atoms with Crippen LogP contribution >= 0.6 is 11.6 Å². The Morgan fingerprint density at radius 1 is 1.38 bits per heavy atom. The van der Waals surface area contributed by atoms with E-state index in [1.165, 1.54) is 6.07 Å². The Labute approximate surface area is 99.2 Å². The molecule has 0 radical (unpaired) electrons. The summed E-state index contributed by atoms with van der Waals surface area (Å²) in [6, 6.07) is 4.67. The van der Waals surface area contributed by atoms with Crippen molar-refractivity contribution in [2.75, 3.05) is 26.4 Å². The van der Waals surface area contributed by atoms with E-state index in [-0.39, 0.29) is 12.4 Å². The molecule has 0 saturated carbocycles. The minimum atomic E-state index is -0.278. The molecular formula is C11H16ClFNO2+. The molecule has 1 aromatic carbocycles. The number of rotatable bonds is 7. The minimum Gasteiger partial charge on any atom is -0.394 e. The second kappa shape index (κ2) is 7.57. The highest BCUT2D eigenvalue weighted by atomic mass is 35.5. The first-order valence-corrected chi connectivity index (χ1v) is 5.56. The van der Waals surface area contributed by atoms with Gasteiger partial charge >= 0.3 is 0 Å². The van der Waals surface area contributed by atoms with E-state index in [9.17, 15) is 4.39 Å². The first-order valence-electron chi connectivity index (χ1n) is 5.19. The Kier molecular flexibility index (Phi) is 6.33. The fourth-order valence-electron chi connectivity index (χ4n) is 1.31. The highest BCUT2D eigenvalue weighted by Gasteiger charge is 2.07. The molecular weight excluding hydrogens is 233 g/mol. The zero-order chi connectivity index (χ0) is 11.8. The molecule has 90 valence electrons. The molecule has 0 saturated heterocycles. The Balaban J connectivity index is 2.26. The lowest BCUT2D eigenvalue weighted by Crippen LogP contribution is -2.83. The molecule has 0 bridgehead atoms. The van der Waals surface area contributed by atoms with Gasteiger partial charge in [-0.05, 0) is 12.1 Å². The summed E-state index contributed by atoms with van der Waals surface area (Å²) >= 11 is 5.87. The van der Waals surface area contributed by atoms with Crippen LogP contribution in [-0.2, 0) is 11.3 Å². The summed E-state index contributed by atoms with van der Waals surface area (Å²) in [5.41, 5.74) is 0.520. The van der Waals surface area contributed by atoms with E-state index in [2.05, 4.69) is 0 Å². The third-order valence-corrected chi connectivity index (χ3v) is 2.47. The number of hydrogen-bond acceptors (Lipinski definition) is 2. The average molecular weight is 249 g/mol. The van der Waals surface area contributed by atoms with Crippen molar-refractivity contribution in [2.24, 2.45) is 0 Å². The molecule has 0 heterocycles. The normalized spacial score (nSPS) is 10.7. The quantitative estimate of drug-likeness (QED) is 0.693. The van der Waals surface area contributed by atoms with Crippen LogP contribution in [0.25, 0.3) is 0 Å². The fraction of sp³-hybridized carbons (Fsp3) is 0.455. The molecule has 0 atom stereocenters. The number of aliphatic hydroxyl groups is 1. The van der Waals surface area contributed by atoms with Crippen molar-refractivity contribution in [3.63, 3.8) is 0 Å². The lowest BCUT2D eigenvalue weighted by Gasteiger charge is -2.05. The number of aliphatic hydroxyl groups excluding tert-OH is 1. The van der Waals surface area contributed by atoms with Crippen molar-refractivity contribution in [3.05, 3.63) is 34.6 Å². The molecule has 1 rings (SSSR count). The molecule has 0 aliphatic rings. The van der Waals surface area contributed by atoms with Gasteiger partial charge in [-0.15, -0.1) is 0 Å². The Bertz CT molecular complexity index is 303. The first kappa shape index (κ1) is 13.4. The number of quaternary nitrogens is 1. The highest BCUT2D eigenvalue weighted by Crippen LogP contribution is 2.17.